The van der Waals surface area contributed by atoms with E-state index in [1.165, 1.54) is 0 Å². The minimum Gasteiger partial charge on any atom is -0.511 e. The third-order valence-corrected chi connectivity index (χ3v) is 5.51. The summed E-state index contributed by atoms with van der Waals surface area (Å²) in [6.07, 6.45) is -0.534. The summed E-state index contributed by atoms with van der Waals surface area (Å²) in [5.74, 6) is -6.90. The molecule has 1 aromatic carbocycles. The third kappa shape index (κ3) is 2.69. The zero-order valence-electron chi connectivity index (χ0n) is 16.5. The summed E-state index contributed by atoms with van der Waals surface area (Å²) in [6, 6.07) is 8.74. The van der Waals surface area contributed by atoms with E-state index in [1.807, 2.05) is 6.07 Å². The highest BCUT2D eigenvalue weighted by Gasteiger charge is 2.69. The number of nitrogens with zero attached hydrogens (tertiary/aromatic N) is 1. The zero-order valence-corrected chi connectivity index (χ0v) is 16.5. The van der Waals surface area contributed by atoms with Crippen LogP contribution in [0.15, 0.2) is 35.6 Å². The Hall–Kier alpha value is -3.34. The fraction of sp³-hybridized carbons (Fsp3) is 0.429. The van der Waals surface area contributed by atoms with Gasteiger partial charge in [-0.3, -0.25) is 9.59 Å². The molecule has 0 aliphatic heterocycles. The minimum atomic E-state index is -1.94. The van der Waals surface area contributed by atoms with Gasteiger partial charge in [0.15, 0.2) is 5.41 Å². The van der Waals surface area contributed by atoms with E-state index in [2.05, 4.69) is 0 Å². The van der Waals surface area contributed by atoms with Crippen molar-refractivity contribution in [2.24, 2.45) is 11.3 Å². The number of carbonyl (C=O) groups is 3. The second-order valence-corrected chi connectivity index (χ2v) is 7.27. The lowest BCUT2D eigenvalue weighted by atomic mass is 9.60. The number of fused-ring (bicyclic) bond motifs is 5. The fourth-order valence-electron chi connectivity index (χ4n) is 4.47. The second kappa shape index (κ2) is 7.24. The second-order valence-electron chi connectivity index (χ2n) is 7.27. The van der Waals surface area contributed by atoms with Crippen molar-refractivity contribution >= 4 is 17.9 Å². The Kier molecular flexibility index (Phi) is 5.09. The predicted octanol–water partition coefficient (Wildman–Crippen LogP) is 2.12. The molecule has 8 nitrogen and oxygen atoms in total. The first-order valence-corrected chi connectivity index (χ1v) is 9.06. The molecule has 0 fully saturated rings. The van der Waals surface area contributed by atoms with Crippen molar-refractivity contribution in [3.05, 3.63) is 46.7 Å². The lowest BCUT2D eigenvalue weighted by Gasteiger charge is -2.40. The van der Waals surface area contributed by atoms with Crippen LogP contribution in [-0.2, 0) is 28.6 Å². The molecule has 0 unspecified atom stereocenters. The van der Waals surface area contributed by atoms with Gasteiger partial charge < -0.3 is 19.3 Å². The van der Waals surface area contributed by atoms with Crippen molar-refractivity contribution in [1.82, 2.24) is 0 Å². The van der Waals surface area contributed by atoms with Gasteiger partial charge in [0.25, 0.3) is 0 Å². The quantitative estimate of drug-likeness (QED) is 0.603. The fourth-order valence-corrected chi connectivity index (χ4v) is 4.47. The maximum atomic E-state index is 13.3. The van der Waals surface area contributed by atoms with E-state index in [9.17, 15) is 24.8 Å². The van der Waals surface area contributed by atoms with E-state index in [0.29, 0.717) is 11.1 Å². The van der Waals surface area contributed by atoms with Crippen LogP contribution in [0, 0.1) is 22.7 Å². The lowest BCUT2D eigenvalue weighted by molar-refractivity contribution is -0.161. The molecule has 152 valence electrons. The molecule has 3 rings (SSSR count). The number of carbonyl (C=O) groups excluding carboxylic acids is 3. The number of ether oxygens (including phenoxy) is 3. The molecule has 2 aliphatic carbocycles. The number of methoxy groups -OCH3 is 2. The highest BCUT2D eigenvalue weighted by molar-refractivity contribution is 5.99. The summed E-state index contributed by atoms with van der Waals surface area (Å²) in [5, 5.41) is 21.1. The van der Waals surface area contributed by atoms with Gasteiger partial charge in [-0.05, 0) is 25.0 Å². The standard InChI is InChI=1S/C21H21NO7/c1-10(2)29-20(26)21(9-22)15-11-7-5-6-8-12(11)16(21)14(19(25)28-4)17(23)13(15)18(24)27-3/h5-8,10,13,15-16,23H,1-4H3/t13-,15-,16-,21+/m1/s1. The van der Waals surface area contributed by atoms with Crippen molar-refractivity contribution < 1.29 is 33.7 Å². The summed E-state index contributed by atoms with van der Waals surface area (Å²) in [4.78, 5) is 38.5. The van der Waals surface area contributed by atoms with E-state index in [4.69, 9.17) is 14.2 Å². The zero-order chi connectivity index (χ0) is 21.5. The highest BCUT2D eigenvalue weighted by atomic mass is 16.5. The van der Waals surface area contributed by atoms with Gasteiger partial charge in [0.05, 0.1) is 32.0 Å². The molecule has 0 spiro atoms. The van der Waals surface area contributed by atoms with Crippen LogP contribution in [0.25, 0.3) is 0 Å². The summed E-state index contributed by atoms with van der Waals surface area (Å²) < 4.78 is 15.0. The molecule has 2 bridgehead atoms. The van der Waals surface area contributed by atoms with Crippen LogP contribution in [0.1, 0.15) is 36.8 Å². The van der Waals surface area contributed by atoms with Gasteiger partial charge in [0.1, 0.15) is 11.7 Å². The van der Waals surface area contributed by atoms with Crippen LogP contribution in [-0.4, -0.2) is 43.3 Å². The summed E-state index contributed by atoms with van der Waals surface area (Å²) in [6.45, 7) is 3.26. The molecule has 0 aromatic heterocycles. The molecule has 0 saturated heterocycles. The number of aliphatic hydroxyl groups excluding tert-OH is 1. The molecule has 29 heavy (non-hydrogen) atoms. The van der Waals surface area contributed by atoms with E-state index in [-0.39, 0.29) is 5.57 Å². The maximum absolute atomic E-state index is 13.3. The van der Waals surface area contributed by atoms with Crippen LogP contribution < -0.4 is 0 Å². The first-order valence-electron chi connectivity index (χ1n) is 9.06. The number of hydrogen-bond acceptors (Lipinski definition) is 8. The van der Waals surface area contributed by atoms with Crippen LogP contribution >= 0.6 is 0 Å². The van der Waals surface area contributed by atoms with Crippen LogP contribution in [0.3, 0.4) is 0 Å². The molecular formula is C21H21NO7. The van der Waals surface area contributed by atoms with E-state index < -0.39 is 52.9 Å². The van der Waals surface area contributed by atoms with E-state index in [0.717, 1.165) is 14.2 Å². The largest absolute Gasteiger partial charge is 0.511 e. The normalized spacial score (nSPS) is 27.1. The first-order chi connectivity index (χ1) is 13.8. The molecule has 4 atom stereocenters. The van der Waals surface area contributed by atoms with Crippen LogP contribution in [0.5, 0.6) is 0 Å². The van der Waals surface area contributed by atoms with Gasteiger partial charge in [-0.25, -0.2) is 4.79 Å². The number of esters is 3. The van der Waals surface area contributed by atoms with Gasteiger partial charge >= 0.3 is 17.9 Å². The van der Waals surface area contributed by atoms with Gasteiger partial charge in [-0.2, -0.15) is 5.26 Å². The van der Waals surface area contributed by atoms with Crippen molar-refractivity contribution in [2.75, 3.05) is 14.2 Å². The van der Waals surface area contributed by atoms with E-state index >= 15 is 0 Å². The molecule has 1 N–H and O–H groups in total. The number of rotatable bonds is 4. The SMILES string of the molecule is COC(=O)C1=C(O)[C@H](C(=O)OC)[C@H]2c3ccccc3[C@H]1[C@@]2(C#N)C(=O)OC(C)C. The molecular weight excluding hydrogens is 378 g/mol. The first kappa shape index (κ1) is 20.4. The van der Waals surface area contributed by atoms with Gasteiger partial charge in [-0.1, -0.05) is 24.3 Å². The monoisotopic (exact) mass is 399 g/mol. The number of aliphatic hydroxyl groups is 1. The molecule has 8 heteroatoms. The van der Waals surface area contributed by atoms with Gasteiger partial charge in [0, 0.05) is 11.8 Å². The van der Waals surface area contributed by atoms with Gasteiger partial charge in [-0.15, -0.1) is 0 Å². The third-order valence-electron chi connectivity index (χ3n) is 5.51. The summed E-state index contributed by atoms with van der Waals surface area (Å²) >= 11 is 0. The van der Waals surface area contributed by atoms with Gasteiger partial charge in [0.2, 0.25) is 0 Å². The minimum absolute atomic E-state index is 0.314. The summed E-state index contributed by atoms with van der Waals surface area (Å²) in [5.41, 5.74) is -1.27. The van der Waals surface area contributed by atoms with Crippen molar-refractivity contribution in [1.29, 1.82) is 5.26 Å². The summed E-state index contributed by atoms with van der Waals surface area (Å²) in [7, 11) is 2.24. The number of hydrogen-bond donors (Lipinski definition) is 1. The molecule has 0 saturated carbocycles. The average molecular weight is 399 g/mol. The maximum Gasteiger partial charge on any atom is 0.337 e. The van der Waals surface area contributed by atoms with Crippen molar-refractivity contribution in [3.63, 3.8) is 0 Å². The number of nitriles is 1. The Morgan fingerprint density at radius 2 is 1.76 bits per heavy atom. The Morgan fingerprint density at radius 3 is 2.28 bits per heavy atom. The smallest absolute Gasteiger partial charge is 0.337 e. The van der Waals surface area contributed by atoms with E-state index in [1.54, 1.807) is 38.1 Å². The Balaban J connectivity index is 2.41. The molecule has 0 heterocycles. The van der Waals surface area contributed by atoms with Crippen LogP contribution in [0.4, 0.5) is 0 Å². The Labute approximate surface area is 167 Å². The Morgan fingerprint density at radius 1 is 1.14 bits per heavy atom. The highest BCUT2D eigenvalue weighted by Crippen LogP contribution is 2.65. The predicted molar refractivity (Wildman–Crippen MR) is 98.4 cm³/mol. The van der Waals surface area contributed by atoms with Crippen molar-refractivity contribution in [2.45, 2.75) is 31.8 Å². The Bertz CT molecular complexity index is 958. The van der Waals surface area contributed by atoms with Crippen LogP contribution in [0.2, 0.25) is 0 Å². The molecule has 2 aliphatic rings. The lowest BCUT2D eigenvalue weighted by Crippen LogP contribution is -2.49. The number of benzene rings is 1. The average Bonchev–Trinajstić information content (AvgIpc) is 2.92. The molecule has 0 amide bonds. The molecule has 0 radical (unpaired) electrons. The van der Waals surface area contributed by atoms with Crippen molar-refractivity contribution in [3.8, 4) is 6.07 Å². The molecule has 1 aromatic rings. The topological polar surface area (TPSA) is 123 Å².